The maximum atomic E-state index is 11.3. The fourth-order valence-corrected chi connectivity index (χ4v) is 8.29. The molecule has 4 fully saturated rings. The summed E-state index contributed by atoms with van der Waals surface area (Å²) in [4.78, 5) is 0. The van der Waals surface area contributed by atoms with Gasteiger partial charge in [0, 0.05) is 0 Å². The molecule has 0 heterocycles. The van der Waals surface area contributed by atoms with Gasteiger partial charge in [-0.25, -0.2) is 0 Å². The summed E-state index contributed by atoms with van der Waals surface area (Å²) in [5.41, 5.74) is 0.148. The third-order valence-corrected chi connectivity index (χ3v) is 9.64. The number of rotatable bonds is 1. The quantitative estimate of drug-likeness (QED) is 0.677. The van der Waals surface area contributed by atoms with E-state index in [-0.39, 0.29) is 29.1 Å². The zero-order valence-corrected chi connectivity index (χ0v) is 16.5. The van der Waals surface area contributed by atoms with Gasteiger partial charge in [-0.2, -0.15) is 0 Å². The summed E-state index contributed by atoms with van der Waals surface area (Å²) < 4.78 is 0. The van der Waals surface area contributed by atoms with Gasteiger partial charge < -0.3 is 15.3 Å². The van der Waals surface area contributed by atoms with Crippen molar-refractivity contribution in [1.82, 2.24) is 0 Å². The fraction of sp³-hybridized carbons (Fsp3) is 1.00. The van der Waals surface area contributed by atoms with Gasteiger partial charge in [0.15, 0.2) is 0 Å². The summed E-state index contributed by atoms with van der Waals surface area (Å²) in [6.07, 6.45) is 6.14. The van der Waals surface area contributed by atoms with Crippen molar-refractivity contribution in [2.75, 3.05) is 0 Å². The molecule has 0 spiro atoms. The van der Waals surface area contributed by atoms with Crippen LogP contribution in [0.4, 0.5) is 0 Å². The highest BCUT2D eigenvalue weighted by atomic mass is 16.3. The predicted octanol–water partition coefficient (Wildman–Crippen LogP) is 3.60. The highest BCUT2D eigenvalue weighted by molar-refractivity contribution is 5.14. The molecule has 6 unspecified atom stereocenters. The van der Waals surface area contributed by atoms with E-state index in [2.05, 4.69) is 27.7 Å². The number of fused-ring (bicyclic) bond motifs is 5. The second kappa shape index (κ2) is 5.94. The lowest BCUT2D eigenvalue weighted by Crippen LogP contribution is -2.62. The van der Waals surface area contributed by atoms with E-state index in [1.807, 2.05) is 0 Å². The van der Waals surface area contributed by atoms with Crippen LogP contribution in [0.1, 0.15) is 72.6 Å². The van der Waals surface area contributed by atoms with E-state index in [9.17, 15) is 15.3 Å². The van der Waals surface area contributed by atoms with Gasteiger partial charge in [-0.1, -0.05) is 27.7 Å². The van der Waals surface area contributed by atoms with Gasteiger partial charge in [0.1, 0.15) is 0 Å². The smallest absolute Gasteiger partial charge is 0.0602 e. The summed E-state index contributed by atoms with van der Waals surface area (Å²) >= 11 is 0. The molecule has 144 valence electrons. The van der Waals surface area contributed by atoms with Gasteiger partial charge in [0.25, 0.3) is 0 Å². The first-order chi connectivity index (χ1) is 11.7. The monoisotopic (exact) mass is 350 g/mol. The minimum atomic E-state index is -0.254. The van der Waals surface area contributed by atoms with Crippen LogP contribution in [0.3, 0.4) is 0 Å². The van der Waals surface area contributed by atoms with Crippen LogP contribution in [0.25, 0.3) is 0 Å². The van der Waals surface area contributed by atoms with E-state index in [1.165, 1.54) is 6.42 Å². The largest absolute Gasteiger partial charge is 0.393 e. The average Bonchev–Trinajstić information content (AvgIpc) is 2.89. The zero-order valence-electron chi connectivity index (χ0n) is 16.5. The first-order valence-corrected chi connectivity index (χ1v) is 10.7. The maximum Gasteiger partial charge on any atom is 0.0602 e. The molecule has 25 heavy (non-hydrogen) atoms. The molecular formula is C22H38O3. The molecule has 3 heteroatoms. The van der Waals surface area contributed by atoms with Gasteiger partial charge in [-0.05, 0) is 91.3 Å². The van der Waals surface area contributed by atoms with Crippen molar-refractivity contribution in [3.8, 4) is 0 Å². The van der Waals surface area contributed by atoms with E-state index in [0.29, 0.717) is 35.5 Å². The fourth-order valence-electron chi connectivity index (χ4n) is 8.29. The van der Waals surface area contributed by atoms with Crippen LogP contribution >= 0.6 is 0 Å². The van der Waals surface area contributed by atoms with Crippen LogP contribution in [0.2, 0.25) is 0 Å². The van der Waals surface area contributed by atoms with E-state index in [0.717, 1.165) is 38.5 Å². The van der Waals surface area contributed by atoms with Gasteiger partial charge in [-0.15, -0.1) is 0 Å². The Kier molecular flexibility index (Phi) is 4.34. The van der Waals surface area contributed by atoms with Crippen LogP contribution in [0.5, 0.6) is 0 Å². The van der Waals surface area contributed by atoms with Crippen LogP contribution in [-0.2, 0) is 0 Å². The first-order valence-electron chi connectivity index (χ1n) is 10.7. The Morgan fingerprint density at radius 1 is 0.880 bits per heavy atom. The average molecular weight is 351 g/mol. The first kappa shape index (κ1) is 18.3. The van der Waals surface area contributed by atoms with Crippen LogP contribution in [0, 0.1) is 46.3 Å². The number of aliphatic hydroxyl groups is 3. The molecule has 0 amide bonds. The molecule has 0 aromatic heterocycles. The van der Waals surface area contributed by atoms with Gasteiger partial charge >= 0.3 is 0 Å². The molecule has 0 radical (unpaired) electrons. The van der Waals surface area contributed by atoms with E-state index < -0.39 is 0 Å². The van der Waals surface area contributed by atoms with Gasteiger partial charge in [0.05, 0.1) is 18.3 Å². The molecule has 3 N–H and O–H groups in total. The molecule has 0 aliphatic heterocycles. The van der Waals surface area contributed by atoms with Crippen LogP contribution in [-0.4, -0.2) is 33.6 Å². The summed E-state index contributed by atoms with van der Waals surface area (Å²) in [5.74, 6) is 2.77. The Balaban J connectivity index is 1.70. The summed E-state index contributed by atoms with van der Waals surface area (Å²) in [6, 6.07) is 0. The standard InChI is InChI=1S/C22H38O3/c1-12(2)15-5-6-16-20-17(11-19(25)22(15,16)4)21(3)8-7-14(23)9-13(21)10-18(20)24/h12-20,23-25H,5-11H2,1-4H3/t13?,14?,15?,16-,17-,18+,19-,20?,21?,22?/m0/s1. The van der Waals surface area contributed by atoms with Crippen molar-refractivity contribution in [3.63, 3.8) is 0 Å². The molecule has 0 aromatic rings. The van der Waals surface area contributed by atoms with Crippen molar-refractivity contribution in [2.24, 2.45) is 46.3 Å². The van der Waals surface area contributed by atoms with Crippen molar-refractivity contribution in [3.05, 3.63) is 0 Å². The Morgan fingerprint density at radius 3 is 2.28 bits per heavy atom. The predicted molar refractivity (Wildman–Crippen MR) is 98.8 cm³/mol. The second-order valence-corrected chi connectivity index (χ2v) is 10.8. The van der Waals surface area contributed by atoms with Crippen molar-refractivity contribution >= 4 is 0 Å². The van der Waals surface area contributed by atoms with Gasteiger partial charge in [-0.3, -0.25) is 0 Å². The highest BCUT2D eigenvalue weighted by Gasteiger charge is 2.65. The topological polar surface area (TPSA) is 60.7 Å². The van der Waals surface area contributed by atoms with E-state index in [1.54, 1.807) is 0 Å². The molecule has 4 aliphatic carbocycles. The molecule has 3 nitrogen and oxygen atoms in total. The Labute approximate surface area is 153 Å². The van der Waals surface area contributed by atoms with Gasteiger partial charge in [0.2, 0.25) is 0 Å². The second-order valence-electron chi connectivity index (χ2n) is 10.8. The van der Waals surface area contributed by atoms with Crippen LogP contribution in [0.15, 0.2) is 0 Å². The summed E-state index contributed by atoms with van der Waals surface area (Å²) in [7, 11) is 0. The SMILES string of the molecule is CC(C)C1CC[C@H]2C3[C@H](O)CC4CC(O)CCC4(C)[C@H]3C[C@H](O)C12C. The normalized spacial score (nSPS) is 58.6. The van der Waals surface area contributed by atoms with Crippen molar-refractivity contribution in [2.45, 2.75) is 91.0 Å². The third-order valence-electron chi connectivity index (χ3n) is 9.64. The lowest BCUT2D eigenvalue weighted by Gasteiger charge is -2.63. The Bertz CT molecular complexity index is 519. The molecule has 0 bridgehead atoms. The summed E-state index contributed by atoms with van der Waals surface area (Å²) in [6.45, 7) is 9.32. The molecule has 4 rings (SSSR count). The van der Waals surface area contributed by atoms with Crippen molar-refractivity contribution in [1.29, 1.82) is 0 Å². The third kappa shape index (κ3) is 2.41. The van der Waals surface area contributed by atoms with E-state index in [4.69, 9.17) is 0 Å². The minimum absolute atomic E-state index is 0.0340. The minimum Gasteiger partial charge on any atom is -0.393 e. The zero-order chi connectivity index (χ0) is 18.1. The Morgan fingerprint density at radius 2 is 1.60 bits per heavy atom. The van der Waals surface area contributed by atoms with Crippen molar-refractivity contribution < 1.29 is 15.3 Å². The molecule has 4 saturated carbocycles. The van der Waals surface area contributed by atoms with E-state index >= 15 is 0 Å². The highest BCUT2D eigenvalue weighted by Crippen LogP contribution is 2.68. The summed E-state index contributed by atoms with van der Waals surface area (Å²) in [5, 5.41) is 32.6. The maximum absolute atomic E-state index is 11.3. The van der Waals surface area contributed by atoms with Crippen LogP contribution < -0.4 is 0 Å². The molecule has 0 aromatic carbocycles. The number of aliphatic hydroxyl groups excluding tert-OH is 3. The molecule has 4 aliphatic rings. The molecule has 10 atom stereocenters. The molecule has 0 saturated heterocycles. The Hall–Kier alpha value is -0.120. The molecular weight excluding hydrogens is 312 g/mol. The lowest BCUT2D eigenvalue weighted by molar-refractivity contribution is -0.206. The number of hydrogen-bond acceptors (Lipinski definition) is 3. The number of hydrogen-bond donors (Lipinski definition) is 3. The lowest BCUT2D eigenvalue weighted by atomic mass is 9.43.